The molecule has 2 heterocycles. The highest BCUT2D eigenvalue weighted by molar-refractivity contribution is 5.95. The maximum atomic E-state index is 9.25. The van der Waals surface area contributed by atoms with Gasteiger partial charge >= 0.3 is 0 Å². The summed E-state index contributed by atoms with van der Waals surface area (Å²) in [6.07, 6.45) is 1.50. The van der Waals surface area contributed by atoms with Gasteiger partial charge < -0.3 is 19.6 Å². The Morgan fingerprint density at radius 2 is 1.81 bits per heavy atom. The largest absolute Gasteiger partial charge is 0.496 e. The summed E-state index contributed by atoms with van der Waals surface area (Å²) >= 11 is 0. The first-order chi connectivity index (χ1) is 14.7. The molecule has 1 aliphatic heterocycles. The van der Waals surface area contributed by atoms with Gasteiger partial charge in [0.1, 0.15) is 11.6 Å². The van der Waals surface area contributed by atoms with Crippen molar-refractivity contribution in [2.45, 2.75) is 27.2 Å². The maximum absolute atomic E-state index is 9.25. The predicted molar refractivity (Wildman–Crippen MR) is 130 cm³/mol. The van der Waals surface area contributed by atoms with E-state index < -0.39 is 0 Å². The van der Waals surface area contributed by atoms with Crippen LogP contribution in [0.5, 0.6) is 5.75 Å². The van der Waals surface area contributed by atoms with Gasteiger partial charge in [-0.2, -0.15) is 0 Å². The van der Waals surface area contributed by atoms with Crippen LogP contribution in [0, 0.1) is 0 Å². The number of anilines is 1. The first-order valence-corrected chi connectivity index (χ1v) is 10.9. The Kier molecular flexibility index (Phi) is 7.88. The minimum Gasteiger partial charge on any atom is -0.496 e. The molecule has 1 N–H and O–H groups in total. The third kappa shape index (κ3) is 5.00. The molecule has 1 fully saturated rings. The maximum Gasteiger partial charge on any atom is 0.137 e. The topological polar surface area (TPSA) is 48.8 Å². The van der Waals surface area contributed by atoms with Crippen LogP contribution < -0.4 is 9.64 Å². The molecule has 1 saturated heterocycles. The van der Waals surface area contributed by atoms with Crippen LogP contribution in [0.3, 0.4) is 0 Å². The molecule has 0 bridgehead atoms. The van der Waals surface area contributed by atoms with Crippen molar-refractivity contribution in [3.8, 4) is 17.0 Å². The standard InChI is InChI=1S/C25H31N3O2.CH4/c1-3-27-12-14-28(15-13-27)25-22-9-5-4-7-19(22)18-23(26-25)20-10-11-24(30-2)21(17-20)8-6-16-29;/h4-5,7,9-11,17-18,29H,3,6,8,12-16H2,1-2H3;1H4. The van der Waals surface area contributed by atoms with Crippen LogP contribution in [0.15, 0.2) is 48.5 Å². The molecule has 166 valence electrons. The first-order valence-electron chi connectivity index (χ1n) is 10.9. The van der Waals surface area contributed by atoms with E-state index in [-0.39, 0.29) is 14.0 Å². The van der Waals surface area contributed by atoms with Crippen molar-refractivity contribution < 1.29 is 9.84 Å². The normalized spacial score (nSPS) is 14.5. The van der Waals surface area contributed by atoms with Crippen LogP contribution >= 0.6 is 0 Å². The number of hydrogen-bond donors (Lipinski definition) is 1. The molecule has 0 spiro atoms. The Bertz CT molecular complexity index is 997. The van der Waals surface area contributed by atoms with Gasteiger partial charge in [-0.05, 0) is 54.6 Å². The summed E-state index contributed by atoms with van der Waals surface area (Å²) in [6, 6.07) is 17.0. The summed E-state index contributed by atoms with van der Waals surface area (Å²) in [7, 11) is 1.69. The highest BCUT2D eigenvalue weighted by Crippen LogP contribution is 2.33. The van der Waals surface area contributed by atoms with Gasteiger partial charge in [-0.1, -0.05) is 38.6 Å². The van der Waals surface area contributed by atoms with Crippen molar-refractivity contribution in [2.24, 2.45) is 0 Å². The number of pyridine rings is 1. The Balaban J connectivity index is 0.00000272. The molecule has 1 aromatic heterocycles. The number of piperazine rings is 1. The fourth-order valence-corrected chi connectivity index (χ4v) is 4.25. The first kappa shape index (κ1) is 23.0. The van der Waals surface area contributed by atoms with Gasteiger partial charge in [0.2, 0.25) is 0 Å². The lowest BCUT2D eigenvalue weighted by atomic mass is 10.0. The Hall–Kier alpha value is -2.63. The van der Waals surface area contributed by atoms with Crippen LogP contribution in [-0.4, -0.2) is 61.4 Å². The minimum absolute atomic E-state index is 0. The van der Waals surface area contributed by atoms with E-state index in [2.05, 4.69) is 59.2 Å². The van der Waals surface area contributed by atoms with E-state index in [1.54, 1.807) is 7.11 Å². The van der Waals surface area contributed by atoms with Crippen LogP contribution in [0.1, 0.15) is 26.3 Å². The molecular formula is C26H35N3O2. The van der Waals surface area contributed by atoms with Gasteiger partial charge in [0.15, 0.2) is 0 Å². The second-order valence-electron chi connectivity index (χ2n) is 7.83. The number of hydrogen-bond acceptors (Lipinski definition) is 5. The summed E-state index contributed by atoms with van der Waals surface area (Å²) in [5.41, 5.74) is 3.18. The van der Waals surface area contributed by atoms with Gasteiger partial charge in [-0.3, -0.25) is 0 Å². The summed E-state index contributed by atoms with van der Waals surface area (Å²) in [4.78, 5) is 10.1. The van der Waals surface area contributed by atoms with E-state index in [1.165, 1.54) is 10.8 Å². The van der Waals surface area contributed by atoms with Gasteiger partial charge in [-0.25, -0.2) is 4.98 Å². The summed E-state index contributed by atoms with van der Waals surface area (Å²) in [5.74, 6) is 1.94. The van der Waals surface area contributed by atoms with Crippen molar-refractivity contribution in [3.05, 3.63) is 54.1 Å². The van der Waals surface area contributed by atoms with E-state index >= 15 is 0 Å². The quantitative estimate of drug-likeness (QED) is 0.604. The number of aryl methyl sites for hydroxylation is 1. The molecule has 4 rings (SSSR count). The smallest absolute Gasteiger partial charge is 0.137 e. The lowest BCUT2D eigenvalue weighted by Crippen LogP contribution is -2.46. The second-order valence-corrected chi connectivity index (χ2v) is 7.83. The molecule has 0 amide bonds. The average Bonchev–Trinajstić information content (AvgIpc) is 2.82. The van der Waals surface area contributed by atoms with Gasteiger partial charge in [0.25, 0.3) is 0 Å². The van der Waals surface area contributed by atoms with Crippen LogP contribution in [-0.2, 0) is 6.42 Å². The van der Waals surface area contributed by atoms with Crippen LogP contribution in [0.4, 0.5) is 5.82 Å². The van der Waals surface area contributed by atoms with Crippen molar-refractivity contribution in [1.82, 2.24) is 9.88 Å². The summed E-state index contributed by atoms with van der Waals surface area (Å²) in [5, 5.41) is 11.7. The zero-order chi connectivity index (χ0) is 20.9. The fourth-order valence-electron chi connectivity index (χ4n) is 4.25. The lowest BCUT2D eigenvalue weighted by molar-refractivity contribution is 0.271. The third-order valence-electron chi connectivity index (χ3n) is 6.02. The third-order valence-corrected chi connectivity index (χ3v) is 6.02. The molecule has 0 aliphatic carbocycles. The number of likely N-dealkylation sites (N-methyl/N-ethyl adjacent to an activating group) is 1. The molecule has 2 aromatic carbocycles. The SMILES string of the molecule is C.CCN1CCN(c2nc(-c3ccc(OC)c(CCCO)c3)cc3ccccc23)CC1. The van der Waals surface area contributed by atoms with Crippen molar-refractivity contribution in [2.75, 3.05) is 51.3 Å². The molecule has 0 radical (unpaired) electrons. The number of rotatable bonds is 7. The molecule has 3 aromatic rings. The number of aromatic nitrogens is 1. The van der Waals surface area contributed by atoms with Gasteiger partial charge in [0.05, 0.1) is 12.8 Å². The number of benzene rings is 2. The predicted octanol–water partition coefficient (Wildman–Crippen LogP) is 4.61. The van der Waals surface area contributed by atoms with Gasteiger partial charge in [-0.15, -0.1) is 0 Å². The van der Waals surface area contributed by atoms with E-state index in [0.717, 1.165) is 74.0 Å². The zero-order valence-electron chi connectivity index (χ0n) is 18.0. The Morgan fingerprint density at radius 3 is 2.52 bits per heavy atom. The second kappa shape index (κ2) is 10.6. The zero-order valence-corrected chi connectivity index (χ0v) is 18.0. The van der Waals surface area contributed by atoms with E-state index in [1.807, 2.05) is 6.07 Å². The number of aliphatic hydroxyl groups is 1. The van der Waals surface area contributed by atoms with Crippen molar-refractivity contribution >= 4 is 16.6 Å². The number of ether oxygens (including phenoxy) is 1. The molecule has 31 heavy (non-hydrogen) atoms. The number of aliphatic hydroxyl groups excluding tert-OH is 1. The Labute approximate surface area is 186 Å². The fraction of sp³-hybridized carbons (Fsp3) is 0.423. The molecule has 1 aliphatic rings. The molecule has 5 heteroatoms. The molecule has 5 nitrogen and oxygen atoms in total. The molecule has 0 atom stereocenters. The average molecular weight is 422 g/mol. The molecular weight excluding hydrogens is 386 g/mol. The molecule has 0 unspecified atom stereocenters. The minimum atomic E-state index is 0. The summed E-state index contributed by atoms with van der Waals surface area (Å²) in [6.45, 7) is 7.65. The van der Waals surface area contributed by atoms with Crippen molar-refractivity contribution in [3.63, 3.8) is 0 Å². The number of nitrogens with zero attached hydrogens (tertiary/aromatic N) is 3. The highest BCUT2D eigenvalue weighted by atomic mass is 16.5. The Morgan fingerprint density at radius 1 is 1.03 bits per heavy atom. The van der Waals surface area contributed by atoms with Gasteiger partial charge in [0, 0.05) is 43.7 Å². The summed E-state index contributed by atoms with van der Waals surface area (Å²) < 4.78 is 5.53. The highest BCUT2D eigenvalue weighted by Gasteiger charge is 2.20. The van der Waals surface area contributed by atoms with E-state index in [9.17, 15) is 5.11 Å². The number of methoxy groups -OCH3 is 1. The lowest BCUT2D eigenvalue weighted by Gasteiger charge is -2.35. The van der Waals surface area contributed by atoms with Crippen LogP contribution in [0.25, 0.3) is 22.0 Å². The van der Waals surface area contributed by atoms with Crippen molar-refractivity contribution in [1.29, 1.82) is 0 Å². The van der Waals surface area contributed by atoms with Crippen LogP contribution in [0.2, 0.25) is 0 Å². The van der Waals surface area contributed by atoms with E-state index in [0.29, 0.717) is 0 Å². The number of fused-ring (bicyclic) bond motifs is 1. The monoisotopic (exact) mass is 421 g/mol. The van der Waals surface area contributed by atoms with E-state index in [4.69, 9.17) is 9.72 Å². The molecule has 0 saturated carbocycles.